The third kappa shape index (κ3) is 1.35. The maximum atomic E-state index is 8.73. The minimum Gasteiger partial charge on any atom is -0.410 e. The number of nitrogens with zero attached hydrogens (tertiary/aromatic N) is 2. The Hall–Kier alpha value is -0.510. The molecule has 0 amide bonds. The summed E-state index contributed by atoms with van der Waals surface area (Å²) in [5.74, 6) is 0.574. The summed E-state index contributed by atoms with van der Waals surface area (Å²) in [5.41, 5.74) is 1.02. The Morgan fingerprint density at radius 2 is 2.25 bits per heavy atom. The highest BCUT2D eigenvalue weighted by molar-refractivity contribution is 8.17. The van der Waals surface area contributed by atoms with Gasteiger partial charge in [0.2, 0.25) is 0 Å². The molecule has 1 heterocycles. The van der Waals surface area contributed by atoms with Crippen molar-refractivity contribution in [2.45, 2.75) is 31.6 Å². The van der Waals surface area contributed by atoms with Crippen molar-refractivity contribution in [2.24, 2.45) is 16.1 Å². The lowest BCUT2D eigenvalue weighted by Gasteiger charge is -2.09. The zero-order valence-electron chi connectivity index (χ0n) is 7.24. The summed E-state index contributed by atoms with van der Waals surface area (Å²) < 4.78 is 0. The van der Waals surface area contributed by atoms with Gasteiger partial charge in [0, 0.05) is 5.92 Å². The van der Waals surface area contributed by atoms with Crippen molar-refractivity contribution < 1.29 is 5.21 Å². The van der Waals surface area contributed by atoms with Crippen molar-refractivity contribution in [3.05, 3.63) is 0 Å². The normalized spacial score (nSPS) is 30.8. The van der Waals surface area contributed by atoms with Crippen molar-refractivity contribution in [3.63, 3.8) is 0 Å². The van der Waals surface area contributed by atoms with Crippen LogP contribution in [0.1, 0.15) is 26.7 Å². The van der Waals surface area contributed by atoms with E-state index in [1.807, 2.05) is 13.8 Å². The molecule has 0 unspecified atom stereocenters. The predicted octanol–water partition coefficient (Wildman–Crippen LogP) is 2.11. The molecule has 0 atom stereocenters. The molecule has 0 aromatic heterocycles. The lowest BCUT2D eigenvalue weighted by atomic mass is 10.2. The van der Waals surface area contributed by atoms with Crippen molar-refractivity contribution in [1.82, 2.24) is 0 Å². The van der Waals surface area contributed by atoms with Crippen LogP contribution in [0.15, 0.2) is 10.1 Å². The molecule has 0 aromatic rings. The Bertz CT molecular complexity index is 266. The molecule has 1 aliphatic carbocycles. The Labute approximate surface area is 75.9 Å². The van der Waals surface area contributed by atoms with E-state index in [1.165, 1.54) is 12.8 Å². The lowest BCUT2D eigenvalue weighted by Crippen LogP contribution is -2.07. The van der Waals surface area contributed by atoms with Gasteiger partial charge in [0.05, 0.1) is 5.71 Å². The molecule has 1 N–H and O–H groups in total. The molecule has 1 saturated carbocycles. The van der Waals surface area contributed by atoms with Gasteiger partial charge in [0.1, 0.15) is 4.87 Å². The monoisotopic (exact) mass is 184 g/mol. The highest BCUT2D eigenvalue weighted by Gasteiger charge is 2.39. The molecule has 0 spiro atoms. The van der Waals surface area contributed by atoms with Crippen LogP contribution in [0, 0.1) is 5.92 Å². The average Bonchev–Trinajstić information content (AvgIpc) is 2.76. The fourth-order valence-electron chi connectivity index (χ4n) is 1.34. The first-order chi connectivity index (χ1) is 5.62. The largest absolute Gasteiger partial charge is 0.410 e. The highest BCUT2D eigenvalue weighted by atomic mass is 32.2. The summed E-state index contributed by atoms with van der Waals surface area (Å²) >= 11 is 1.54. The van der Waals surface area contributed by atoms with Crippen LogP contribution in [0.5, 0.6) is 0 Å². The van der Waals surface area contributed by atoms with E-state index >= 15 is 0 Å². The number of oxime groups is 1. The minimum atomic E-state index is -0.126. The number of hydrogen-bond donors (Lipinski definition) is 1. The molecule has 0 saturated heterocycles. The van der Waals surface area contributed by atoms with Gasteiger partial charge in [0.25, 0.3) is 0 Å². The zero-order chi connectivity index (χ0) is 8.77. The van der Waals surface area contributed by atoms with Gasteiger partial charge in [-0.15, -0.1) is 0 Å². The Balaban J connectivity index is 2.27. The van der Waals surface area contributed by atoms with Crippen LogP contribution in [0.4, 0.5) is 0 Å². The molecule has 0 aromatic carbocycles. The van der Waals surface area contributed by atoms with Gasteiger partial charge >= 0.3 is 0 Å². The van der Waals surface area contributed by atoms with E-state index in [-0.39, 0.29) is 4.87 Å². The lowest BCUT2D eigenvalue weighted by molar-refractivity contribution is 0.321. The topological polar surface area (TPSA) is 45.0 Å². The first-order valence-electron chi connectivity index (χ1n) is 4.13. The third-order valence-corrected chi connectivity index (χ3v) is 3.09. The van der Waals surface area contributed by atoms with E-state index < -0.39 is 0 Å². The van der Waals surface area contributed by atoms with Crippen molar-refractivity contribution >= 4 is 22.5 Å². The van der Waals surface area contributed by atoms with Gasteiger partial charge in [0.15, 0.2) is 5.04 Å². The summed E-state index contributed by atoms with van der Waals surface area (Å²) in [7, 11) is 0. The molecular weight excluding hydrogens is 172 g/mol. The minimum absolute atomic E-state index is 0.126. The molecule has 66 valence electrons. The van der Waals surface area contributed by atoms with Gasteiger partial charge < -0.3 is 5.21 Å². The fraction of sp³-hybridized carbons (Fsp3) is 0.750. The van der Waals surface area contributed by atoms with Gasteiger partial charge in [-0.1, -0.05) is 16.9 Å². The number of hydrogen-bond acceptors (Lipinski definition) is 4. The van der Waals surface area contributed by atoms with Crippen LogP contribution in [0.2, 0.25) is 0 Å². The highest BCUT2D eigenvalue weighted by Crippen LogP contribution is 2.42. The van der Waals surface area contributed by atoms with Crippen molar-refractivity contribution in [3.8, 4) is 0 Å². The van der Waals surface area contributed by atoms with Crippen molar-refractivity contribution in [1.29, 1.82) is 0 Å². The molecule has 0 radical (unpaired) electrons. The fourth-order valence-corrected chi connectivity index (χ4v) is 2.32. The van der Waals surface area contributed by atoms with Crippen LogP contribution in [-0.2, 0) is 0 Å². The quantitative estimate of drug-likeness (QED) is 0.501. The summed E-state index contributed by atoms with van der Waals surface area (Å²) in [6, 6.07) is 0. The van der Waals surface area contributed by atoms with Gasteiger partial charge in [-0.2, -0.15) is 0 Å². The van der Waals surface area contributed by atoms with Crippen LogP contribution in [0.25, 0.3) is 0 Å². The molecule has 2 aliphatic rings. The van der Waals surface area contributed by atoms with Crippen LogP contribution in [0.3, 0.4) is 0 Å². The van der Waals surface area contributed by atoms with Gasteiger partial charge in [-0.25, -0.2) is 0 Å². The number of thioether (sulfide) groups is 1. The van der Waals surface area contributed by atoms with Crippen LogP contribution < -0.4 is 0 Å². The number of aliphatic imine (C=N–C) groups is 1. The Morgan fingerprint density at radius 1 is 1.58 bits per heavy atom. The van der Waals surface area contributed by atoms with E-state index in [2.05, 4.69) is 10.1 Å². The van der Waals surface area contributed by atoms with E-state index in [4.69, 9.17) is 5.21 Å². The predicted molar refractivity (Wildman–Crippen MR) is 51.1 cm³/mol. The molecule has 1 fully saturated rings. The first kappa shape index (κ1) is 8.10. The third-order valence-electron chi connectivity index (χ3n) is 2.01. The second-order valence-corrected chi connectivity index (χ2v) is 5.32. The molecular formula is C8H12N2OS. The summed E-state index contributed by atoms with van der Waals surface area (Å²) in [6.45, 7) is 4.08. The molecule has 3 nitrogen and oxygen atoms in total. The molecule has 1 aliphatic heterocycles. The Morgan fingerprint density at radius 3 is 2.75 bits per heavy atom. The molecule has 12 heavy (non-hydrogen) atoms. The van der Waals surface area contributed by atoms with E-state index in [1.54, 1.807) is 11.8 Å². The molecule has 2 rings (SSSR count). The van der Waals surface area contributed by atoms with E-state index in [0.29, 0.717) is 5.92 Å². The van der Waals surface area contributed by atoms with Crippen LogP contribution in [-0.4, -0.2) is 20.8 Å². The smallest absolute Gasteiger partial charge is 0.159 e. The number of rotatable bonds is 1. The average molecular weight is 184 g/mol. The summed E-state index contributed by atoms with van der Waals surface area (Å²) in [4.78, 5) is 4.40. The second kappa shape index (κ2) is 2.49. The van der Waals surface area contributed by atoms with Crippen LogP contribution >= 0.6 is 11.8 Å². The first-order valence-corrected chi connectivity index (χ1v) is 4.95. The summed E-state index contributed by atoms with van der Waals surface area (Å²) in [6.07, 6.45) is 2.41. The van der Waals surface area contributed by atoms with Gasteiger partial charge in [-0.05, 0) is 26.7 Å². The maximum absolute atomic E-state index is 8.73. The standard InChI is InChI=1S/C8H12N2OS/c1-8(2)9-6(5-3-4-5)7(10-11)12-8/h5,11H,3-4H2,1-2H3/b10-7-. The van der Waals surface area contributed by atoms with Gasteiger partial charge in [-0.3, -0.25) is 4.99 Å². The summed E-state index contributed by atoms with van der Waals surface area (Å²) in [5, 5.41) is 12.7. The maximum Gasteiger partial charge on any atom is 0.159 e. The SMILES string of the molecule is CC1(C)N=C(C2CC2)/C(=N/O)S1. The van der Waals surface area contributed by atoms with Crippen molar-refractivity contribution in [2.75, 3.05) is 0 Å². The van der Waals surface area contributed by atoms with E-state index in [0.717, 1.165) is 10.8 Å². The second-order valence-electron chi connectivity index (χ2n) is 3.73. The molecule has 4 heteroatoms. The van der Waals surface area contributed by atoms with E-state index in [9.17, 15) is 0 Å². The molecule has 0 bridgehead atoms. The zero-order valence-corrected chi connectivity index (χ0v) is 8.06. The Kier molecular flexibility index (Phi) is 1.68.